The van der Waals surface area contributed by atoms with Crippen molar-refractivity contribution in [2.24, 2.45) is 5.73 Å². The lowest BCUT2D eigenvalue weighted by Gasteiger charge is -2.27. The fourth-order valence-corrected chi connectivity index (χ4v) is 5.09. The van der Waals surface area contributed by atoms with Crippen LogP contribution < -0.4 is 29.4 Å². The van der Waals surface area contributed by atoms with Crippen LogP contribution in [0, 0.1) is 17.1 Å². The second-order valence-corrected chi connectivity index (χ2v) is 11.0. The smallest absolute Gasteiger partial charge is 0.352 e. The summed E-state index contributed by atoms with van der Waals surface area (Å²) in [5.41, 5.74) is 9.34. The van der Waals surface area contributed by atoms with Crippen molar-refractivity contribution in [1.29, 1.82) is 5.26 Å². The van der Waals surface area contributed by atoms with Crippen molar-refractivity contribution in [3.8, 4) is 34.8 Å². The molecule has 46 heavy (non-hydrogen) atoms. The Bertz CT molecular complexity index is 1790. The van der Waals surface area contributed by atoms with Gasteiger partial charge >= 0.3 is 5.97 Å². The molecule has 0 spiro atoms. The average Bonchev–Trinajstić information content (AvgIpc) is 3.04. The minimum atomic E-state index is -0.874. The largest absolute Gasteiger partial charge is 0.490 e. The molecule has 4 aromatic rings. The highest BCUT2D eigenvalue weighted by atomic mass is 19.1. The van der Waals surface area contributed by atoms with E-state index in [0.29, 0.717) is 52.2 Å². The molecule has 0 aliphatic carbocycles. The third-order valence-electron chi connectivity index (χ3n) is 7.54. The first kappa shape index (κ1) is 31.9. The van der Waals surface area contributed by atoms with Crippen molar-refractivity contribution in [3.05, 3.63) is 124 Å². The number of rotatable bonds is 11. The van der Waals surface area contributed by atoms with Crippen molar-refractivity contribution in [1.82, 2.24) is 0 Å². The number of nitriles is 1. The molecule has 4 aromatic carbocycles. The van der Waals surface area contributed by atoms with E-state index in [0.717, 1.165) is 0 Å². The first-order valence-electron chi connectivity index (χ1n) is 15.0. The molecular weight excluding hydrogens is 587 g/mol. The highest BCUT2D eigenvalue weighted by molar-refractivity contribution is 5.77. The summed E-state index contributed by atoms with van der Waals surface area (Å²) in [6, 6.07) is 26.3. The molecule has 1 aliphatic heterocycles. The number of esters is 1. The van der Waals surface area contributed by atoms with Gasteiger partial charge < -0.3 is 29.4 Å². The van der Waals surface area contributed by atoms with E-state index < -0.39 is 18.0 Å². The molecule has 0 amide bonds. The molecule has 0 bridgehead atoms. The summed E-state index contributed by atoms with van der Waals surface area (Å²) in [5, 5.41) is 10.0. The minimum Gasteiger partial charge on any atom is -0.490 e. The van der Waals surface area contributed by atoms with Gasteiger partial charge in [0.15, 0.2) is 17.6 Å². The van der Waals surface area contributed by atoms with Gasteiger partial charge in [-0.05, 0) is 67.3 Å². The predicted octanol–water partition coefficient (Wildman–Crippen LogP) is 7.52. The van der Waals surface area contributed by atoms with Crippen LogP contribution in [0.3, 0.4) is 0 Å². The van der Waals surface area contributed by atoms with Crippen LogP contribution in [0.4, 0.5) is 4.39 Å². The molecule has 8 nitrogen and oxygen atoms in total. The molecule has 0 radical (unpaired) electrons. The standard InChI is InChI=1S/C37H35FN2O6/c1-5-42-34-18-25(12-17-32(34)43-21-26-8-6-7-9-31(26)38)35-29-16-15-28(19-33(29)46-36(40)30(35)20-39)45-37(41)23(4)44-27-13-10-24(11-14-27)22(2)3/h6-19,22-23,35H,5,21,40H2,1-4H3. The van der Waals surface area contributed by atoms with Crippen molar-refractivity contribution >= 4 is 5.97 Å². The summed E-state index contributed by atoms with van der Waals surface area (Å²) in [7, 11) is 0. The van der Waals surface area contributed by atoms with Gasteiger partial charge in [0.2, 0.25) is 5.88 Å². The molecule has 9 heteroatoms. The Morgan fingerprint density at radius 2 is 1.70 bits per heavy atom. The van der Waals surface area contributed by atoms with Gasteiger partial charge in [-0.25, -0.2) is 9.18 Å². The second-order valence-electron chi connectivity index (χ2n) is 11.0. The third-order valence-corrected chi connectivity index (χ3v) is 7.54. The van der Waals surface area contributed by atoms with E-state index in [2.05, 4.69) is 19.9 Å². The van der Waals surface area contributed by atoms with Crippen molar-refractivity contribution in [2.45, 2.75) is 52.2 Å². The summed E-state index contributed by atoms with van der Waals surface area (Å²) < 4.78 is 43.2. The molecule has 2 N–H and O–H groups in total. The number of hydrogen-bond donors (Lipinski definition) is 1. The number of carbonyl (C=O) groups excluding carboxylic acids is 1. The maximum absolute atomic E-state index is 14.2. The van der Waals surface area contributed by atoms with Crippen LogP contribution in [-0.2, 0) is 11.4 Å². The molecule has 1 heterocycles. The summed E-state index contributed by atoms with van der Waals surface area (Å²) in [6.45, 7) is 8.03. The molecule has 0 aromatic heterocycles. The summed E-state index contributed by atoms with van der Waals surface area (Å²) >= 11 is 0. The lowest BCUT2D eigenvalue weighted by molar-refractivity contribution is -0.141. The van der Waals surface area contributed by atoms with Crippen LogP contribution >= 0.6 is 0 Å². The number of benzene rings is 4. The highest BCUT2D eigenvalue weighted by Gasteiger charge is 2.32. The van der Waals surface area contributed by atoms with Gasteiger partial charge in [0.1, 0.15) is 41.3 Å². The lowest BCUT2D eigenvalue weighted by Crippen LogP contribution is -2.28. The van der Waals surface area contributed by atoms with Crippen LogP contribution in [0.25, 0.3) is 0 Å². The van der Waals surface area contributed by atoms with E-state index in [9.17, 15) is 14.4 Å². The Morgan fingerprint density at radius 1 is 0.957 bits per heavy atom. The van der Waals surface area contributed by atoms with Crippen LogP contribution in [0.1, 0.15) is 61.8 Å². The van der Waals surface area contributed by atoms with Gasteiger partial charge in [0.05, 0.1) is 12.5 Å². The Morgan fingerprint density at radius 3 is 2.39 bits per heavy atom. The molecule has 0 fully saturated rings. The van der Waals surface area contributed by atoms with Gasteiger partial charge in [-0.3, -0.25) is 0 Å². The SMILES string of the molecule is CCOc1cc(C2C(C#N)=C(N)Oc3cc(OC(=O)C(C)Oc4ccc(C(C)C)cc4)ccc32)ccc1OCc1ccccc1F. The fourth-order valence-electron chi connectivity index (χ4n) is 5.09. The number of allylic oxidation sites excluding steroid dienone is 1. The Kier molecular flexibility index (Phi) is 9.77. The predicted molar refractivity (Wildman–Crippen MR) is 170 cm³/mol. The van der Waals surface area contributed by atoms with Crippen LogP contribution in [-0.4, -0.2) is 18.7 Å². The number of hydrogen-bond acceptors (Lipinski definition) is 8. The number of fused-ring (bicyclic) bond motifs is 1. The minimum absolute atomic E-state index is 0.0120. The maximum atomic E-state index is 14.2. The molecule has 0 saturated carbocycles. The van der Waals surface area contributed by atoms with E-state index in [-0.39, 0.29) is 29.6 Å². The Hall–Kier alpha value is -5.49. The summed E-state index contributed by atoms with van der Waals surface area (Å²) in [6.07, 6.45) is -0.874. The first-order chi connectivity index (χ1) is 22.2. The number of carbonyl (C=O) groups is 1. The van der Waals surface area contributed by atoms with Crippen molar-refractivity contribution in [2.75, 3.05) is 6.61 Å². The van der Waals surface area contributed by atoms with E-state index in [1.54, 1.807) is 61.5 Å². The van der Waals surface area contributed by atoms with E-state index in [1.165, 1.54) is 11.6 Å². The molecule has 236 valence electrons. The quantitative estimate of drug-likeness (QED) is 0.135. The fraction of sp³-hybridized carbons (Fsp3) is 0.243. The van der Waals surface area contributed by atoms with Gasteiger partial charge in [0.25, 0.3) is 0 Å². The summed E-state index contributed by atoms with van der Waals surface area (Å²) in [5.74, 6) is 0.736. The summed E-state index contributed by atoms with van der Waals surface area (Å²) in [4.78, 5) is 12.9. The molecule has 2 unspecified atom stereocenters. The Labute approximate surface area is 267 Å². The van der Waals surface area contributed by atoms with Gasteiger partial charge in [-0.15, -0.1) is 0 Å². The van der Waals surface area contributed by atoms with Crippen LogP contribution in [0.5, 0.6) is 28.7 Å². The van der Waals surface area contributed by atoms with E-state index in [1.807, 2.05) is 31.2 Å². The number of nitrogens with two attached hydrogens (primary N) is 1. The second kappa shape index (κ2) is 14.1. The number of halogens is 1. The molecular formula is C37H35FN2O6. The van der Waals surface area contributed by atoms with Crippen molar-refractivity contribution < 1.29 is 32.9 Å². The lowest BCUT2D eigenvalue weighted by atomic mass is 9.83. The normalized spacial score (nSPS) is 14.5. The first-order valence-corrected chi connectivity index (χ1v) is 15.0. The molecule has 1 aliphatic rings. The number of nitrogens with zero attached hydrogens (tertiary/aromatic N) is 1. The zero-order valence-corrected chi connectivity index (χ0v) is 26.1. The average molecular weight is 623 g/mol. The van der Waals surface area contributed by atoms with Gasteiger partial charge in [-0.2, -0.15) is 5.26 Å². The van der Waals surface area contributed by atoms with Gasteiger partial charge in [-0.1, -0.05) is 56.3 Å². The van der Waals surface area contributed by atoms with Gasteiger partial charge in [0, 0.05) is 17.2 Å². The van der Waals surface area contributed by atoms with Crippen LogP contribution in [0.15, 0.2) is 96.4 Å². The van der Waals surface area contributed by atoms with E-state index >= 15 is 0 Å². The van der Waals surface area contributed by atoms with Crippen LogP contribution in [0.2, 0.25) is 0 Å². The molecule has 0 saturated heterocycles. The number of ether oxygens (including phenoxy) is 5. The molecule has 2 atom stereocenters. The Balaban J connectivity index is 1.36. The zero-order valence-electron chi connectivity index (χ0n) is 26.1. The zero-order chi connectivity index (χ0) is 32.8. The monoisotopic (exact) mass is 622 g/mol. The van der Waals surface area contributed by atoms with Crippen molar-refractivity contribution in [3.63, 3.8) is 0 Å². The van der Waals surface area contributed by atoms with E-state index in [4.69, 9.17) is 29.4 Å². The highest BCUT2D eigenvalue weighted by Crippen LogP contribution is 2.45. The maximum Gasteiger partial charge on any atom is 0.352 e. The topological polar surface area (TPSA) is 113 Å². The molecule has 5 rings (SSSR count). The third kappa shape index (κ3) is 7.08.